The van der Waals surface area contributed by atoms with Crippen molar-refractivity contribution in [1.82, 2.24) is 4.90 Å². The van der Waals surface area contributed by atoms with Crippen molar-refractivity contribution in [3.8, 4) is 11.8 Å². The zero-order valence-electron chi connectivity index (χ0n) is 10.7. The molecular formula is C14H15BrN2O2. The maximum atomic E-state index is 12.4. The lowest BCUT2D eigenvalue weighted by molar-refractivity contribution is 0.0706. The number of ether oxygens (including phenoxy) is 1. The van der Waals surface area contributed by atoms with Gasteiger partial charge in [-0.05, 0) is 47.0 Å². The summed E-state index contributed by atoms with van der Waals surface area (Å²) in [6, 6.07) is 7.63. The molecule has 5 heteroatoms. The third-order valence-electron chi connectivity index (χ3n) is 3.37. The van der Waals surface area contributed by atoms with Gasteiger partial charge in [-0.15, -0.1) is 0 Å². The van der Waals surface area contributed by atoms with Gasteiger partial charge >= 0.3 is 0 Å². The van der Waals surface area contributed by atoms with Crippen molar-refractivity contribution in [3.63, 3.8) is 0 Å². The van der Waals surface area contributed by atoms with E-state index < -0.39 is 0 Å². The molecule has 0 atom stereocenters. The van der Waals surface area contributed by atoms with Gasteiger partial charge in [-0.3, -0.25) is 4.79 Å². The Morgan fingerprint density at radius 2 is 2.16 bits per heavy atom. The number of likely N-dealkylation sites (tertiary alicyclic amines) is 1. The molecule has 19 heavy (non-hydrogen) atoms. The molecule has 0 N–H and O–H groups in total. The van der Waals surface area contributed by atoms with E-state index in [0.717, 1.165) is 17.3 Å². The smallest absolute Gasteiger partial charge is 0.255 e. The molecule has 0 saturated carbocycles. The van der Waals surface area contributed by atoms with Gasteiger partial charge in [0.15, 0.2) is 0 Å². The second-order valence-electron chi connectivity index (χ2n) is 4.54. The van der Waals surface area contributed by atoms with Crippen LogP contribution in [0.15, 0.2) is 22.7 Å². The minimum atomic E-state index is -0.0119. The van der Waals surface area contributed by atoms with Gasteiger partial charge in [0.05, 0.1) is 18.7 Å². The number of methoxy groups -OCH3 is 1. The fraction of sp³-hybridized carbons (Fsp3) is 0.429. The number of piperidine rings is 1. The lowest BCUT2D eigenvalue weighted by Crippen LogP contribution is -2.38. The molecule has 1 heterocycles. The summed E-state index contributed by atoms with van der Waals surface area (Å²) in [5.74, 6) is 0.735. The number of hydrogen-bond acceptors (Lipinski definition) is 3. The van der Waals surface area contributed by atoms with E-state index in [1.807, 2.05) is 12.1 Å². The van der Waals surface area contributed by atoms with Crippen LogP contribution in [-0.4, -0.2) is 31.0 Å². The summed E-state index contributed by atoms with van der Waals surface area (Å²) in [6.07, 6.45) is 1.51. The number of rotatable bonds is 2. The molecule has 1 aliphatic rings. The first-order valence-corrected chi connectivity index (χ1v) is 6.97. The van der Waals surface area contributed by atoms with Gasteiger partial charge in [0, 0.05) is 23.5 Å². The zero-order chi connectivity index (χ0) is 13.8. The lowest BCUT2D eigenvalue weighted by atomic mass is 9.98. The molecule has 0 unspecified atom stereocenters. The molecule has 100 valence electrons. The van der Waals surface area contributed by atoms with Crippen molar-refractivity contribution in [2.24, 2.45) is 5.92 Å². The summed E-state index contributed by atoms with van der Waals surface area (Å²) >= 11 is 3.40. The van der Waals surface area contributed by atoms with E-state index >= 15 is 0 Å². The van der Waals surface area contributed by atoms with Crippen LogP contribution in [0.1, 0.15) is 23.2 Å². The summed E-state index contributed by atoms with van der Waals surface area (Å²) in [7, 11) is 1.58. The SMILES string of the molecule is COc1ccc(Br)c(C(=O)N2CCC(C#N)CC2)c1. The quantitative estimate of drug-likeness (QED) is 0.841. The fourth-order valence-corrected chi connectivity index (χ4v) is 2.59. The first-order valence-electron chi connectivity index (χ1n) is 6.18. The Hall–Kier alpha value is -1.54. The second kappa shape index (κ2) is 6.07. The standard InChI is InChI=1S/C14H15BrN2O2/c1-19-11-2-3-13(15)12(8-11)14(18)17-6-4-10(9-16)5-7-17/h2-3,8,10H,4-7H2,1H3. The molecule has 1 amide bonds. The minimum absolute atomic E-state index is 0.0119. The lowest BCUT2D eigenvalue weighted by Gasteiger charge is -2.29. The van der Waals surface area contributed by atoms with Crippen LogP contribution in [0.25, 0.3) is 0 Å². The Morgan fingerprint density at radius 1 is 1.47 bits per heavy atom. The van der Waals surface area contributed by atoms with E-state index in [0.29, 0.717) is 24.4 Å². The molecule has 1 aromatic carbocycles. The predicted octanol–water partition coefficient (Wildman–Crippen LogP) is 2.83. The third-order valence-corrected chi connectivity index (χ3v) is 4.06. The molecule has 1 aliphatic heterocycles. The van der Waals surface area contributed by atoms with Gasteiger partial charge in [-0.2, -0.15) is 5.26 Å². The van der Waals surface area contributed by atoms with E-state index in [2.05, 4.69) is 22.0 Å². The van der Waals surface area contributed by atoms with Gasteiger partial charge in [-0.1, -0.05) is 0 Å². The molecule has 0 spiro atoms. The van der Waals surface area contributed by atoms with E-state index in [1.165, 1.54) is 0 Å². The van der Waals surface area contributed by atoms with Crippen molar-refractivity contribution in [2.45, 2.75) is 12.8 Å². The highest BCUT2D eigenvalue weighted by Gasteiger charge is 2.24. The molecular weight excluding hydrogens is 308 g/mol. The van der Waals surface area contributed by atoms with E-state index in [-0.39, 0.29) is 11.8 Å². The maximum absolute atomic E-state index is 12.4. The molecule has 0 bridgehead atoms. The highest BCUT2D eigenvalue weighted by molar-refractivity contribution is 9.10. The average molecular weight is 323 g/mol. The Kier molecular flexibility index (Phi) is 4.43. The van der Waals surface area contributed by atoms with E-state index in [4.69, 9.17) is 10.00 Å². The molecule has 1 saturated heterocycles. The number of nitriles is 1. The number of carbonyl (C=O) groups excluding carboxylic acids is 1. The Labute approximate surface area is 121 Å². The van der Waals surface area contributed by atoms with Crippen molar-refractivity contribution < 1.29 is 9.53 Å². The third kappa shape index (κ3) is 3.07. The Bertz CT molecular complexity index is 517. The van der Waals surface area contributed by atoms with Crippen molar-refractivity contribution in [1.29, 1.82) is 5.26 Å². The van der Waals surface area contributed by atoms with Gasteiger partial charge in [0.1, 0.15) is 5.75 Å². The number of halogens is 1. The predicted molar refractivity (Wildman–Crippen MR) is 74.9 cm³/mol. The van der Waals surface area contributed by atoms with Crippen LogP contribution in [0.2, 0.25) is 0 Å². The normalized spacial score (nSPS) is 15.9. The van der Waals surface area contributed by atoms with Crippen LogP contribution in [0.3, 0.4) is 0 Å². The summed E-state index contributed by atoms with van der Waals surface area (Å²) in [6.45, 7) is 1.28. The van der Waals surface area contributed by atoms with Crippen molar-refractivity contribution >= 4 is 21.8 Å². The molecule has 2 rings (SSSR count). The van der Waals surface area contributed by atoms with E-state index in [9.17, 15) is 4.79 Å². The highest BCUT2D eigenvalue weighted by atomic mass is 79.9. The van der Waals surface area contributed by atoms with Gasteiger partial charge in [0.2, 0.25) is 0 Å². The number of amides is 1. The van der Waals surface area contributed by atoms with Gasteiger partial charge < -0.3 is 9.64 Å². The minimum Gasteiger partial charge on any atom is -0.497 e. The van der Waals surface area contributed by atoms with Crippen LogP contribution in [0.4, 0.5) is 0 Å². The molecule has 0 radical (unpaired) electrons. The summed E-state index contributed by atoms with van der Waals surface area (Å²) in [5.41, 5.74) is 0.606. The topological polar surface area (TPSA) is 53.3 Å². The van der Waals surface area contributed by atoms with E-state index in [1.54, 1.807) is 18.1 Å². The summed E-state index contributed by atoms with van der Waals surface area (Å²) in [4.78, 5) is 14.2. The summed E-state index contributed by atoms with van der Waals surface area (Å²) in [5, 5.41) is 8.87. The fourth-order valence-electron chi connectivity index (χ4n) is 2.18. The van der Waals surface area contributed by atoms with Crippen molar-refractivity contribution in [2.75, 3.05) is 20.2 Å². The molecule has 0 aromatic heterocycles. The van der Waals surface area contributed by atoms with Crippen LogP contribution in [0.5, 0.6) is 5.75 Å². The first kappa shape index (κ1) is 13.9. The number of nitrogens with zero attached hydrogens (tertiary/aromatic N) is 2. The number of benzene rings is 1. The monoisotopic (exact) mass is 322 g/mol. The van der Waals surface area contributed by atoms with Crippen LogP contribution in [-0.2, 0) is 0 Å². The molecule has 1 fully saturated rings. The molecule has 1 aromatic rings. The van der Waals surface area contributed by atoms with Crippen LogP contribution < -0.4 is 4.74 Å². The zero-order valence-corrected chi connectivity index (χ0v) is 12.3. The van der Waals surface area contributed by atoms with Crippen molar-refractivity contribution in [3.05, 3.63) is 28.2 Å². The van der Waals surface area contributed by atoms with Gasteiger partial charge in [-0.25, -0.2) is 0 Å². The molecule has 0 aliphatic carbocycles. The first-order chi connectivity index (χ1) is 9.15. The largest absolute Gasteiger partial charge is 0.497 e. The maximum Gasteiger partial charge on any atom is 0.255 e. The molecule has 4 nitrogen and oxygen atoms in total. The van der Waals surface area contributed by atoms with Gasteiger partial charge in [0.25, 0.3) is 5.91 Å². The number of hydrogen-bond donors (Lipinski definition) is 0. The second-order valence-corrected chi connectivity index (χ2v) is 5.40. The van der Waals surface area contributed by atoms with Crippen LogP contribution in [0, 0.1) is 17.2 Å². The number of carbonyl (C=O) groups is 1. The highest BCUT2D eigenvalue weighted by Crippen LogP contribution is 2.25. The van der Waals surface area contributed by atoms with Crippen LogP contribution >= 0.6 is 15.9 Å². The average Bonchev–Trinajstić information content (AvgIpc) is 2.47. The summed E-state index contributed by atoms with van der Waals surface area (Å²) < 4.78 is 5.91. The Morgan fingerprint density at radius 3 is 2.74 bits per heavy atom. The Balaban J connectivity index is 2.14.